The van der Waals surface area contributed by atoms with Gasteiger partial charge in [0.2, 0.25) is 11.8 Å². The van der Waals surface area contributed by atoms with E-state index in [0.29, 0.717) is 24.2 Å². The van der Waals surface area contributed by atoms with Crippen molar-refractivity contribution in [2.24, 2.45) is 11.5 Å². The molecule has 3 atom stereocenters. The molecule has 10 heteroatoms. The van der Waals surface area contributed by atoms with Crippen LogP contribution in [0.2, 0.25) is 0 Å². The number of amidine groups is 1. The van der Waals surface area contributed by atoms with Crippen LogP contribution in [-0.4, -0.2) is 63.8 Å². The van der Waals surface area contributed by atoms with E-state index in [1.165, 1.54) is 18.3 Å². The summed E-state index contributed by atoms with van der Waals surface area (Å²) in [5.41, 5.74) is 11.9. The molecule has 0 radical (unpaired) electrons. The zero-order valence-corrected chi connectivity index (χ0v) is 18.1. The second-order valence-corrected chi connectivity index (χ2v) is 7.98. The van der Waals surface area contributed by atoms with Crippen molar-refractivity contribution < 1.29 is 19.5 Å². The van der Waals surface area contributed by atoms with Gasteiger partial charge in [-0.25, -0.2) is 4.79 Å². The Balaban J connectivity index is 0.000000218. The smallest absolute Gasteiger partial charge is 0.326 e. The summed E-state index contributed by atoms with van der Waals surface area (Å²) in [5.74, 6) is -1.50. The number of nitrogens with two attached hydrogens (primary N) is 2. The maximum absolute atomic E-state index is 12.7. The number of carboxylic acid groups (broad SMARTS) is 1. The molecule has 174 valence electrons. The van der Waals surface area contributed by atoms with Crippen LogP contribution in [0, 0.1) is 5.41 Å². The molecule has 7 N–H and O–H groups in total. The summed E-state index contributed by atoms with van der Waals surface area (Å²) in [6.45, 7) is 1.34. The van der Waals surface area contributed by atoms with Gasteiger partial charge in [0, 0.05) is 18.7 Å². The van der Waals surface area contributed by atoms with Gasteiger partial charge in [0.15, 0.2) is 0 Å². The number of carboxylic acids is 1. The van der Waals surface area contributed by atoms with Crippen LogP contribution in [0.1, 0.15) is 46.8 Å². The third-order valence-electron chi connectivity index (χ3n) is 5.86. The van der Waals surface area contributed by atoms with Crippen LogP contribution < -0.4 is 16.8 Å². The van der Waals surface area contributed by atoms with E-state index in [4.69, 9.17) is 16.9 Å². The van der Waals surface area contributed by atoms with Crippen molar-refractivity contribution in [1.82, 2.24) is 15.2 Å². The predicted molar refractivity (Wildman–Crippen MR) is 122 cm³/mol. The Morgan fingerprint density at radius 3 is 2.39 bits per heavy atom. The van der Waals surface area contributed by atoms with Gasteiger partial charge in [0.05, 0.1) is 11.6 Å². The van der Waals surface area contributed by atoms with Crippen LogP contribution in [0.3, 0.4) is 0 Å². The molecule has 2 amide bonds. The lowest BCUT2D eigenvalue weighted by Crippen LogP contribution is -2.49. The van der Waals surface area contributed by atoms with Crippen LogP contribution in [-0.2, 0) is 9.59 Å². The van der Waals surface area contributed by atoms with Gasteiger partial charge in [-0.1, -0.05) is 30.3 Å². The lowest BCUT2D eigenvalue weighted by atomic mass is 9.91. The van der Waals surface area contributed by atoms with Crippen molar-refractivity contribution in [2.45, 2.75) is 37.3 Å². The Labute approximate surface area is 191 Å². The van der Waals surface area contributed by atoms with Crippen molar-refractivity contribution in [3.8, 4) is 0 Å². The molecule has 33 heavy (non-hydrogen) atoms. The molecule has 2 saturated heterocycles. The van der Waals surface area contributed by atoms with Crippen LogP contribution in [0.15, 0.2) is 48.7 Å². The second kappa shape index (κ2) is 10.7. The number of benzene rings is 1. The minimum Gasteiger partial charge on any atom is -0.480 e. The van der Waals surface area contributed by atoms with E-state index in [1.54, 1.807) is 4.90 Å². The van der Waals surface area contributed by atoms with E-state index in [2.05, 4.69) is 10.3 Å². The second-order valence-electron chi connectivity index (χ2n) is 7.98. The van der Waals surface area contributed by atoms with Gasteiger partial charge < -0.3 is 26.8 Å². The predicted octanol–water partition coefficient (Wildman–Crippen LogP) is 0.672. The van der Waals surface area contributed by atoms with Gasteiger partial charge in [0.25, 0.3) is 0 Å². The zero-order valence-electron chi connectivity index (χ0n) is 18.1. The highest BCUT2D eigenvalue weighted by molar-refractivity contribution is 5.95. The first kappa shape index (κ1) is 23.9. The molecule has 0 bridgehead atoms. The Bertz CT molecular complexity index is 978. The summed E-state index contributed by atoms with van der Waals surface area (Å²) in [6, 6.07) is 12.0. The van der Waals surface area contributed by atoms with E-state index < -0.39 is 17.9 Å². The number of pyridine rings is 1. The minimum absolute atomic E-state index is 0.0637. The number of amides is 2. The molecular weight excluding hydrogens is 424 g/mol. The lowest BCUT2D eigenvalue weighted by Gasteiger charge is -2.28. The van der Waals surface area contributed by atoms with Crippen molar-refractivity contribution in [3.05, 3.63) is 65.5 Å². The molecule has 1 aromatic heterocycles. The van der Waals surface area contributed by atoms with Crippen molar-refractivity contribution >= 4 is 23.6 Å². The molecule has 4 rings (SSSR count). The fourth-order valence-corrected chi connectivity index (χ4v) is 4.19. The zero-order chi connectivity index (χ0) is 24.0. The highest BCUT2D eigenvalue weighted by Gasteiger charge is 2.41. The summed E-state index contributed by atoms with van der Waals surface area (Å²) < 4.78 is 0. The third-order valence-corrected chi connectivity index (χ3v) is 5.86. The number of likely N-dealkylation sites (tertiary alicyclic amines) is 1. The van der Waals surface area contributed by atoms with Crippen LogP contribution in [0.25, 0.3) is 0 Å². The first-order chi connectivity index (χ1) is 15.8. The average molecular weight is 453 g/mol. The number of carbonyl (C=O) groups excluding carboxylic acids is 2. The minimum atomic E-state index is -0.893. The Morgan fingerprint density at radius 2 is 1.82 bits per heavy atom. The molecule has 2 aliphatic rings. The molecule has 2 aliphatic heterocycles. The Morgan fingerprint density at radius 1 is 1.09 bits per heavy atom. The summed E-state index contributed by atoms with van der Waals surface area (Å²) in [7, 11) is 0. The van der Waals surface area contributed by atoms with Crippen LogP contribution in [0.5, 0.6) is 0 Å². The number of aromatic nitrogens is 1. The van der Waals surface area contributed by atoms with Crippen LogP contribution >= 0.6 is 0 Å². The van der Waals surface area contributed by atoms with Gasteiger partial charge in [-0.3, -0.25) is 20.0 Å². The summed E-state index contributed by atoms with van der Waals surface area (Å²) >= 11 is 0. The molecule has 10 nitrogen and oxygen atoms in total. The summed E-state index contributed by atoms with van der Waals surface area (Å²) in [6.07, 6.45) is 3.53. The maximum Gasteiger partial charge on any atom is 0.326 e. The number of hydrogen-bond donors (Lipinski definition) is 5. The largest absolute Gasteiger partial charge is 0.480 e. The van der Waals surface area contributed by atoms with E-state index in [1.807, 2.05) is 30.3 Å². The molecular formula is C23H28N6O4. The van der Waals surface area contributed by atoms with E-state index in [9.17, 15) is 19.5 Å². The molecule has 3 heterocycles. The Hall–Kier alpha value is -3.79. The molecule has 2 aromatic rings. The SMILES string of the molecule is N=C(N)c1ccc(C(N)=O)cn1.O=C(O)[C@@H]1CCCN1C(=O)[C@H]1NCCC1c1ccccc1. The first-order valence-electron chi connectivity index (χ1n) is 10.7. The fraction of sp³-hybridized carbons (Fsp3) is 0.348. The molecule has 1 unspecified atom stereocenters. The molecule has 2 fully saturated rings. The summed E-state index contributed by atoms with van der Waals surface area (Å²) in [5, 5.41) is 19.5. The highest BCUT2D eigenvalue weighted by atomic mass is 16.4. The monoisotopic (exact) mass is 452 g/mol. The van der Waals surface area contributed by atoms with Crippen LogP contribution in [0.4, 0.5) is 0 Å². The average Bonchev–Trinajstić information content (AvgIpc) is 3.50. The van der Waals surface area contributed by atoms with Gasteiger partial charge in [-0.05, 0) is 43.5 Å². The number of nitrogen functional groups attached to an aromatic ring is 1. The molecule has 0 saturated carbocycles. The first-order valence-corrected chi connectivity index (χ1v) is 10.7. The number of nitrogens with one attached hydrogen (secondary N) is 2. The van der Waals surface area contributed by atoms with E-state index in [0.717, 1.165) is 24.9 Å². The number of carbonyl (C=O) groups is 3. The highest BCUT2D eigenvalue weighted by Crippen LogP contribution is 2.30. The Kier molecular flexibility index (Phi) is 7.73. The number of nitrogens with zero attached hydrogens (tertiary/aromatic N) is 2. The topological polar surface area (TPSA) is 175 Å². The summed E-state index contributed by atoms with van der Waals surface area (Å²) in [4.78, 5) is 39.9. The van der Waals surface area contributed by atoms with Gasteiger partial charge >= 0.3 is 5.97 Å². The number of hydrogen-bond acceptors (Lipinski definition) is 6. The standard InChI is InChI=1S/C16H20N2O3.C7H8N4O/c19-15(18-10-4-7-13(18)16(20)21)14-12(8-9-17-14)11-5-2-1-3-6-11;8-6(9)5-2-1-4(3-11-5)7(10)12/h1-3,5-6,12-14,17H,4,7-10H2,(H,20,21);1-3H,(H3,8,9)(H2,10,12)/t12?,13-,14-;/m0./s1. The molecule has 1 aromatic carbocycles. The quantitative estimate of drug-likeness (QED) is 0.327. The van der Waals surface area contributed by atoms with Gasteiger partial charge in [-0.2, -0.15) is 0 Å². The van der Waals surface area contributed by atoms with E-state index >= 15 is 0 Å². The number of rotatable bonds is 5. The van der Waals surface area contributed by atoms with E-state index in [-0.39, 0.29) is 23.7 Å². The maximum atomic E-state index is 12.7. The molecule has 0 spiro atoms. The van der Waals surface area contributed by atoms with Crippen molar-refractivity contribution in [2.75, 3.05) is 13.1 Å². The van der Waals surface area contributed by atoms with Crippen molar-refractivity contribution in [1.29, 1.82) is 5.41 Å². The number of primary amides is 1. The van der Waals surface area contributed by atoms with Gasteiger partial charge in [-0.15, -0.1) is 0 Å². The third kappa shape index (κ3) is 5.72. The normalized spacial score (nSPS) is 21.7. The number of aliphatic carboxylic acids is 1. The fourth-order valence-electron chi connectivity index (χ4n) is 4.19. The van der Waals surface area contributed by atoms with Gasteiger partial charge in [0.1, 0.15) is 17.6 Å². The molecule has 0 aliphatic carbocycles. The van der Waals surface area contributed by atoms with Crippen molar-refractivity contribution in [3.63, 3.8) is 0 Å². The lowest BCUT2D eigenvalue weighted by molar-refractivity contribution is -0.149.